The van der Waals surface area contributed by atoms with Crippen LogP contribution in [0.4, 0.5) is 0 Å². The smallest absolute Gasteiger partial charge is 0.226 e. The summed E-state index contributed by atoms with van der Waals surface area (Å²) >= 11 is 3.43. The zero-order valence-corrected chi connectivity index (χ0v) is 12.7. The molecule has 0 heterocycles. The Morgan fingerprint density at radius 1 is 1.18 bits per heavy atom. The predicted molar refractivity (Wildman–Crippen MR) is 76.5 cm³/mol. The van der Waals surface area contributed by atoms with E-state index in [1.165, 1.54) is 32.1 Å². The Kier molecular flexibility index (Phi) is 7.17. The largest absolute Gasteiger partial charge is 0.356 e. The highest BCUT2D eigenvalue weighted by Crippen LogP contribution is 2.40. The van der Waals surface area contributed by atoms with Crippen LogP contribution in [0.25, 0.3) is 0 Å². The molecule has 1 rings (SSSR count). The molecule has 1 aliphatic rings. The number of hydrogen-bond acceptors (Lipinski definition) is 1. The molecule has 100 valence electrons. The fourth-order valence-corrected chi connectivity index (χ4v) is 3.15. The van der Waals surface area contributed by atoms with E-state index in [1.54, 1.807) is 0 Å². The Labute approximate surface area is 114 Å². The van der Waals surface area contributed by atoms with Crippen LogP contribution >= 0.6 is 15.9 Å². The molecule has 0 saturated heterocycles. The van der Waals surface area contributed by atoms with Crippen LogP contribution in [0.5, 0.6) is 0 Å². The van der Waals surface area contributed by atoms with Crippen molar-refractivity contribution in [2.75, 3.05) is 11.9 Å². The first kappa shape index (κ1) is 15.0. The van der Waals surface area contributed by atoms with Gasteiger partial charge < -0.3 is 5.32 Å². The number of amides is 1. The van der Waals surface area contributed by atoms with Gasteiger partial charge in [-0.2, -0.15) is 0 Å². The average Bonchev–Trinajstić information content (AvgIpc) is 2.83. The Balaban J connectivity index is 2.15. The van der Waals surface area contributed by atoms with Crippen LogP contribution < -0.4 is 5.32 Å². The monoisotopic (exact) mass is 303 g/mol. The lowest BCUT2D eigenvalue weighted by Gasteiger charge is -2.25. The molecule has 0 aromatic carbocycles. The van der Waals surface area contributed by atoms with Gasteiger partial charge in [-0.15, -0.1) is 0 Å². The van der Waals surface area contributed by atoms with E-state index in [1.807, 2.05) is 0 Å². The van der Waals surface area contributed by atoms with E-state index < -0.39 is 0 Å². The van der Waals surface area contributed by atoms with Crippen molar-refractivity contribution in [3.63, 3.8) is 0 Å². The van der Waals surface area contributed by atoms with Crippen LogP contribution in [-0.2, 0) is 4.79 Å². The van der Waals surface area contributed by atoms with E-state index in [0.29, 0.717) is 5.91 Å². The molecule has 3 heteroatoms. The van der Waals surface area contributed by atoms with Crippen molar-refractivity contribution in [2.24, 2.45) is 5.41 Å². The van der Waals surface area contributed by atoms with Gasteiger partial charge in [0.05, 0.1) is 0 Å². The summed E-state index contributed by atoms with van der Waals surface area (Å²) in [6.07, 6.45) is 10.5. The van der Waals surface area contributed by atoms with Gasteiger partial charge in [0, 0.05) is 17.3 Å². The SMILES string of the molecule is CCC1(C(=O)NCCCCCCBr)CCCC1. The zero-order chi connectivity index (χ0) is 12.6. The minimum absolute atomic E-state index is 0.0180. The zero-order valence-electron chi connectivity index (χ0n) is 11.1. The summed E-state index contributed by atoms with van der Waals surface area (Å²) in [6, 6.07) is 0. The number of alkyl halides is 1. The van der Waals surface area contributed by atoms with E-state index in [9.17, 15) is 4.79 Å². The van der Waals surface area contributed by atoms with E-state index in [-0.39, 0.29) is 5.41 Å². The Bertz CT molecular complexity index is 224. The molecule has 0 unspecified atom stereocenters. The maximum absolute atomic E-state index is 12.2. The van der Waals surface area contributed by atoms with Gasteiger partial charge in [0.2, 0.25) is 5.91 Å². The molecule has 1 fully saturated rings. The molecule has 0 aromatic heterocycles. The van der Waals surface area contributed by atoms with Crippen LogP contribution in [-0.4, -0.2) is 17.8 Å². The van der Waals surface area contributed by atoms with Gasteiger partial charge >= 0.3 is 0 Å². The fraction of sp³-hybridized carbons (Fsp3) is 0.929. The van der Waals surface area contributed by atoms with Crippen molar-refractivity contribution < 1.29 is 4.79 Å². The van der Waals surface area contributed by atoms with Crippen molar-refractivity contribution in [1.29, 1.82) is 0 Å². The highest BCUT2D eigenvalue weighted by atomic mass is 79.9. The van der Waals surface area contributed by atoms with Crippen molar-refractivity contribution in [1.82, 2.24) is 5.32 Å². The van der Waals surface area contributed by atoms with Gasteiger partial charge in [-0.25, -0.2) is 0 Å². The van der Waals surface area contributed by atoms with Gasteiger partial charge in [0.25, 0.3) is 0 Å². The van der Waals surface area contributed by atoms with Crippen molar-refractivity contribution in [3.8, 4) is 0 Å². The first-order valence-corrected chi connectivity index (χ1v) is 8.21. The van der Waals surface area contributed by atoms with Crippen molar-refractivity contribution in [2.45, 2.75) is 64.7 Å². The first-order valence-electron chi connectivity index (χ1n) is 7.09. The minimum atomic E-state index is -0.0180. The number of carbonyl (C=O) groups excluding carboxylic acids is 1. The van der Waals surface area contributed by atoms with Crippen LogP contribution in [0.15, 0.2) is 0 Å². The summed E-state index contributed by atoms with van der Waals surface area (Å²) in [7, 11) is 0. The van der Waals surface area contributed by atoms with Crippen LogP contribution in [0.1, 0.15) is 64.7 Å². The van der Waals surface area contributed by atoms with Gasteiger partial charge in [-0.05, 0) is 32.1 Å². The number of rotatable bonds is 8. The molecule has 1 N–H and O–H groups in total. The molecule has 1 amide bonds. The Morgan fingerprint density at radius 2 is 1.82 bits per heavy atom. The van der Waals surface area contributed by atoms with E-state index in [4.69, 9.17) is 0 Å². The second-order valence-electron chi connectivity index (χ2n) is 5.20. The van der Waals surface area contributed by atoms with Crippen LogP contribution in [0.3, 0.4) is 0 Å². The third-order valence-corrected chi connectivity index (χ3v) is 4.63. The lowest BCUT2D eigenvalue weighted by Crippen LogP contribution is -2.39. The molecule has 0 atom stereocenters. The maximum Gasteiger partial charge on any atom is 0.226 e. The molecular formula is C14H26BrNO. The molecule has 1 saturated carbocycles. The highest BCUT2D eigenvalue weighted by Gasteiger charge is 2.38. The number of nitrogens with one attached hydrogen (secondary N) is 1. The van der Waals surface area contributed by atoms with E-state index in [2.05, 4.69) is 28.2 Å². The second kappa shape index (κ2) is 8.12. The van der Waals surface area contributed by atoms with Gasteiger partial charge in [-0.1, -0.05) is 48.5 Å². The molecule has 0 aliphatic heterocycles. The molecule has 0 bridgehead atoms. The summed E-state index contributed by atoms with van der Waals surface area (Å²) in [6.45, 7) is 3.02. The predicted octanol–water partition coefficient (Wildman–Crippen LogP) is 4.03. The van der Waals surface area contributed by atoms with Gasteiger partial charge in [-0.3, -0.25) is 4.79 Å². The molecule has 17 heavy (non-hydrogen) atoms. The maximum atomic E-state index is 12.2. The molecule has 0 aromatic rings. The van der Waals surface area contributed by atoms with Crippen molar-refractivity contribution in [3.05, 3.63) is 0 Å². The third-order valence-electron chi connectivity index (χ3n) is 4.07. The van der Waals surface area contributed by atoms with Crippen LogP contribution in [0, 0.1) is 5.41 Å². The lowest BCUT2D eigenvalue weighted by atomic mass is 9.82. The van der Waals surface area contributed by atoms with E-state index >= 15 is 0 Å². The third kappa shape index (κ3) is 4.61. The van der Waals surface area contributed by atoms with Crippen LogP contribution in [0.2, 0.25) is 0 Å². The van der Waals surface area contributed by atoms with Gasteiger partial charge in [0.15, 0.2) is 0 Å². The second-order valence-corrected chi connectivity index (χ2v) is 5.99. The average molecular weight is 304 g/mol. The standard InChI is InChI=1S/C14H26BrNO/c1-2-14(9-5-6-10-14)13(17)16-12-8-4-3-7-11-15/h2-12H2,1H3,(H,16,17). The summed E-state index contributed by atoms with van der Waals surface area (Å²) < 4.78 is 0. The number of carbonyl (C=O) groups is 1. The minimum Gasteiger partial charge on any atom is -0.356 e. The topological polar surface area (TPSA) is 29.1 Å². The summed E-state index contributed by atoms with van der Waals surface area (Å²) in [5, 5.41) is 4.24. The number of hydrogen-bond donors (Lipinski definition) is 1. The molecule has 1 aliphatic carbocycles. The van der Waals surface area contributed by atoms with Crippen molar-refractivity contribution >= 4 is 21.8 Å². The summed E-state index contributed by atoms with van der Waals surface area (Å²) in [5.74, 6) is 0.318. The van der Waals surface area contributed by atoms with Gasteiger partial charge in [0.1, 0.15) is 0 Å². The molecular weight excluding hydrogens is 278 g/mol. The first-order chi connectivity index (χ1) is 8.25. The highest BCUT2D eigenvalue weighted by molar-refractivity contribution is 9.09. The molecule has 2 nitrogen and oxygen atoms in total. The molecule has 0 radical (unpaired) electrons. The van der Waals surface area contributed by atoms with E-state index in [0.717, 1.165) is 37.6 Å². The summed E-state index contributed by atoms with van der Waals surface area (Å²) in [4.78, 5) is 12.2. The Morgan fingerprint density at radius 3 is 2.41 bits per heavy atom. The Hall–Kier alpha value is -0.0500. The lowest BCUT2D eigenvalue weighted by molar-refractivity contribution is -0.131. The fourth-order valence-electron chi connectivity index (χ4n) is 2.76. The normalized spacial score (nSPS) is 18.2. The molecule has 0 spiro atoms. The number of unbranched alkanes of at least 4 members (excludes halogenated alkanes) is 3. The quantitative estimate of drug-likeness (QED) is 0.532. The summed E-state index contributed by atoms with van der Waals surface area (Å²) in [5.41, 5.74) is -0.0180. The number of halogens is 1.